The monoisotopic (exact) mass is 364 g/mol. The lowest BCUT2D eigenvalue weighted by molar-refractivity contribution is 0.0639. The molecule has 0 spiro atoms. The minimum absolute atomic E-state index is 0.290. The van der Waals surface area contributed by atoms with Crippen molar-refractivity contribution in [3.63, 3.8) is 0 Å². The fourth-order valence-electron chi connectivity index (χ4n) is 3.76. The maximum absolute atomic E-state index is 11.7. The first-order valence-corrected chi connectivity index (χ1v) is 9.26. The number of hydrogen-bond acceptors (Lipinski definition) is 5. The minimum atomic E-state index is -0.290. The lowest BCUT2D eigenvalue weighted by Gasteiger charge is -2.22. The SMILES string of the molecule is O=c1[nH]c2nc(CCC3CCOCC3)c(-c3ccc4nc[nH]c4c3)nc2[nH]1. The fourth-order valence-corrected chi connectivity index (χ4v) is 3.76. The summed E-state index contributed by atoms with van der Waals surface area (Å²) in [5.74, 6) is 0.643. The molecule has 1 fully saturated rings. The lowest BCUT2D eigenvalue weighted by Crippen LogP contribution is -2.16. The summed E-state index contributed by atoms with van der Waals surface area (Å²) < 4.78 is 5.46. The first kappa shape index (κ1) is 16.2. The molecule has 4 heterocycles. The molecular weight excluding hydrogens is 344 g/mol. The molecule has 8 nitrogen and oxygen atoms in total. The Balaban J connectivity index is 1.56. The number of rotatable bonds is 4. The van der Waals surface area contributed by atoms with Gasteiger partial charge in [-0.2, -0.15) is 0 Å². The molecule has 27 heavy (non-hydrogen) atoms. The van der Waals surface area contributed by atoms with Gasteiger partial charge in [0.2, 0.25) is 0 Å². The van der Waals surface area contributed by atoms with Gasteiger partial charge in [0, 0.05) is 18.8 Å². The van der Waals surface area contributed by atoms with Crippen LogP contribution in [0.2, 0.25) is 0 Å². The minimum Gasteiger partial charge on any atom is -0.381 e. The standard InChI is InChI=1S/C19H20N6O2/c26-19-24-17-18(25-19)23-16(12-2-4-13-15(9-12)21-10-20-13)14(22-17)3-1-11-5-7-27-8-6-11/h2,4,9-11H,1,3,5-8H2,(H,20,21)(H2,22,23,24,25,26). The van der Waals surface area contributed by atoms with Crippen molar-refractivity contribution in [1.29, 1.82) is 0 Å². The topological polar surface area (TPSA) is 112 Å². The number of aromatic nitrogens is 6. The second-order valence-corrected chi connectivity index (χ2v) is 7.02. The third-order valence-corrected chi connectivity index (χ3v) is 5.26. The number of ether oxygens (including phenoxy) is 1. The highest BCUT2D eigenvalue weighted by Gasteiger charge is 2.18. The zero-order valence-electron chi connectivity index (χ0n) is 14.8. The Hall–Kier alpha value is -3.00. The average Bonchev–Trinajstić information content (AvgIpc) is 3.30. The van der Waals surface area contributed by atoms with Gasteiger partial charge in [-0.15, -0.1) is 0 Å². The van der Waals surface area contributed by atoms with Gasteiger partial charge < -0.3 is 9.72 Å². The lowest BCUT2D eigenvalue weighted by atomic mass is 9.93. The van der Waals surface area contributed by atoms with Gasteiger partial charge in [0.15, 0.2) is 11.3 Å². The Kier molecular flexibility index (Phi) is 3.97. The second kappa shape index (κ2) is 6.62. The van der Waals surface area contributed by atoms with Crippen molar-refractivity contribution in [2.75, 3.05) is 13.2 Å². The summed E-state index contributed by atoms with van der Waals surface area (Å²) in [7, 11) is 0. The molecule has 0 atom stereocenters. The summed E-state index contributed by atoms with van der Waals surface area (Å²) in [6.07, 6.45) is 5.71. The average molecular weight is 364 g/mol. The smallest absolute Gasteiger partial charge is 0.326 e. The molecule has 1 aliphatic heterocycles. The van der Waals surface area contributed by atoms with Gasteiger partial charge in [-0.3, -0.25) is 9.97 Å². The van der Waals surface area contributed by atoms with E-state index in [0.29, 0.717) is 17.2 Å². The van der Waals surface area contributed by atoms with Crippen LogP contribution >= 0.6 is 0 Å². The Morgan fingerprint density at radius 3 is 2.78 bits per heavy atom. The van der Waals surface area contributed by atoms with Gasteiger partial charge in [0.05, 0.1) is 28.7 Å². The highest BCUT2D eigenvalue weighted by Crippen LogP contribution is 2.28. The van der Waals surface area contributed by atoms with Gasteiger partial charge in [-0.25, -0.2) is 19.7 Å². The van der Waals surface area contributed by atoms with Crippen LogP contribution in [-0.4, -0.2) is 43.1 Å². The maximum atomic E-state index is 11.7. The molecule has 1 aliphatic rings. The summed E-state index contributed by atoms with van der Waals surface area (Å²) in [5.41, 5.74) is 5.23. The van der Waals surface area contributed by atoms with Crippen LogP contribution in [0.25, 0.3) is 33.6 Å². The molecule has 1 aromatic carbocycles. The molecule has 3 aromatic heterocycles. The number of H-pyrrole nitrogens is 3. The van der Waals surface area contributed by atoms with Crippen LogP contribution in [0.15, 0.2) is 29.3 Å². The van der Waals surface area contributed by atoms with Crippen molar-refractivity contribution < 1.29 is 4.74 Å². The molecule has 0 aliphatic carbocycles. The van der Waals surface area contributed by atoms with E-state index in [1.807, 2.05) is 18.2 Å². The predicted octanol–water partition coefficient (Wildman–Crippen LogP) is 2.55. The van der Waals surface area contributed by atoms with E-state index in [4.69, 9.17) is 14.7 Å². The van der Waals surface area contributed by atoms with E-state index in [1.165, 1.54) is 0 Å². The molecule has 4 aromatic rings. The van der Waals surface area contributed by atoms with Crippen LogP contribution in [0.1, 0.15) is 25.0 Å². The van der Waals surface area contributed by atoms with Gasteiger partial charge >= 0.3 is 5.69 Å². The number of aromatic amines is 3. The Labute approximate surface area is 154 Å². The Morgan fingerprint density at radius 1 is 1.11 bits per heavy atom. The van der Waals surface area contributed by atoms with Crippen molar-refractivity contribution in [3.8, 4) is 11.3 Å². The highest BCUT2D eigenvalue weighted by atomic mass is 16.5. The van der Waals surface area contributed by atoms with Crippen LogP contribution in [0.3, 0.4) is 0 Å². The van der Waals surface area contributed by atoms with E-state index in [2.05, 4.69) is 19.9 Å². The number of benzene rings is 1. The first-order chi connectivity index (χ1) is 13.3. The number of nitrogens with zero attached hydrogens (tertiary/aromatic N) is 3. The zero-order valence-corrected chi connectivity index (χ0v) is 14.8. The van der Waals surface area contributed by atoms with Crippen molar-refractivity contribution in [2.45, 2.75) is 25.7 Å². The number of fused-ring (bicyclic) bond motifs is 2. The van der Waals surface area contributed by atoms with Crippen LogP contribution in [0, 0.1) is 5.92 Å². The molecule has 138 valence electrons. The molecule has 0 bridgehead atoms. The summed E-state index contributed by atoms with van der Waals surface area (Å²) in [6.45, 7) is 1.67. The predicted molar refractivity (Wildman–Crippen MR) is 101 cm³/mol. The van der Waals surface area contributed by atoms with Crippen molar-refractivity contribution in [3.05, 3.63) is 40.7 Å². The van der Waals surface area contributed by atoms with E-state index in [-0.39, 0.29) is 5.69 Å². The van der Waals surface area contributed by atoms with Gasteiger partial charge in [-0.1, -0.05) is 6.07 Å². The van der Waals surface area contributed by atoms with E-state index in [1.54, 1.807) is 6.33 Å². The molecule has 0 saturated carbocycles. The van der Waals surface area contributed by atoms with E-state index < -0.39 is 0 Å². The van der Waals surface area contributed by atoms with Gasteiger partial charge in [0.25, 0.3) is 0 Å². The molecule has 0 radical (unpaired) electrons. The molecule has 3 N–H and O–H groups in total. The quantitative estimate of drug-likeness (QED) is 0.515. The Morgan fingerprint density at radius 2 is 1.93 bits per heavy atom. The third kappa shape index (κ3) is 3.12. The summed E-state index contributed by atoms with van der Waals surface area (Å²) >= 11 is 0. The van der Waals surface area contributed by atoms with Crippen molar-refractivity contribution >= 4 is 22.3 Å². The Bertz CT molecular complexity index is 1150. The third-order valence-electron chi connectivity index (χ3n) is 5.26. The van der Waals surface area contributed by atoms with Gasteiger partial charge in [0.1, 0.15) is 0 Å². The molecular formula is C19H20N6O2. The molecule has 8 heteroatoms. The zero-order chi connectivity index (χ0) is 18.2. The van der Waals surface area contributed by atoms with Gasteiger partial charge in [-0.05, 0) is 43.7 Å². The van der Waals surface area contributed by atoms with Crippen LogP contribution in [-0.2, 0) is 11.2 Å². The summed E-state index contributed by atoms with van der Waals surface area (Å²) in [6, 6.07) is 6.00. The number of imidazole rings is 2. The molecule has 0 amide bonds. The molecule has 1 saturated heterocycles. The largest absolute Gasteiger partial charge is 0.381 e. The molecule has 5 rings (SSSR count). The summed E-state index contributed by atoms with van der Waals surface area (Å²) in [4.78, 5) is 33.9. The van der Waals surface area contributed by atoms with Crippen molar-refractivity contribution in [1.82, 2.24) is 29.9 Å². The van der Waals surface area contributed by atoms with Crippen molar-refractivity contribution in [2.24, 2.45) is 5.92 Å². The maximum Gasteiger partial charge on any atom is 0.326 e. The summed E-state index contributed by atoms with van der Waals surface area (Å²) in [5, 5.41) is 0. The number of aryl methyl sites for hydroxylation is 1. The van der Waals surface area contributed by atoms with Crippen LogP contribution in [0.4, 0.5) is 0 Å². The normalized spacial score (nSPS) is 15.7. The fraction of sp³-hybridized carbons (Fsp3) is 0.368. The first-order valence-electron chi connectivity index (χ1n) is 9.26. The number of nitrogens with one attached hydrogen (secondary N) is 3. The highest BCUT2D eigenvalue weighted by molar-refractivity contribution is 5.82. The number of hydrogen-bond donors (Lipinski definition) is 3. The van der Waals surface area contributed by atoms with Crippen LogP contribution < -0.4 is 5.69 Å². The van der Waals surface area contributed by atoms with E-state index in [0.717, 1.165) is 66.9 Å². The molecule has 0 unspecified atom stereocenters. The van der Waals surface area contributed by atoms with E-state index in [9.17, 15) is 4.79 Å². The van der Waals surface area contributed by atoms with Crippen LogP contribution in [0.5, 0.6) is 0 Å². The van der Waals surface area contributed by atoms with E-state index >= 15 is 0 Å². The second-order valence-electron chi connectivity index (χ2n) is 7.02.